The lowest BCUT2D eigenvalue weighted by Crippen LogP contribution is -1.99. The van der Waals surface area contributed by atoms with Crippen LogP contribution in [0.4, 0.5) is 0 Å². The van der Waals surface area contributed by atoms with E-state index >= 15 is 0 Å². The molecule has 37 heavy (non-hydrogen) atoms. The topological polar surface area (TPSA) is 38.7 Å². The van der Waals surface area contributed by atoms with Gasteiger partial charge in [0, 0.05) is 36.9 Å². The van der Waals surface area contributed by atoms with Gasteiger partial charge in [0.2, 0.25) is 0 Å². The van der Waals surface area contributed by atoms with E-state index in [4.69, 9.17) is 20.6 Å². The van der Waals surface area contributed by atoms with E-state index in [-0.39, 0.29) is 54.3 Å². The molecule has 0 aliphatic rings. The van der Waals surface area contributed by atoms with Crippen LogP contribution in [0.3, 0.4) is 0 Å². The van der Waals surface area contributed by atoms with Crippen molar-refractivity contribution >= 4 is 31.5 Å². The monoisotopic (exact) mass is 507 g/mol. The van der Waals surface area contributed by atoms with E-state index in [2.05, 4.69) is 15.0 Å². The molecule has 0 fully saturated rings. The molecule has 5 aromatic carbocycles. The fraction of sp³-hybridized carbons (Fsp3) is 0. The number of fused-ring (bicyclic) bond motifs is 3. The minimum absolute atomic E-state index is 0.0106. The predicted molar refractivity (Wildman–Crippen MR) is 154 cm³/mol. The first-order chi connectivity index (χ1) is 25.0. The van der Waals surface area contributed by atoms with E-state index in [1.54, 1.807) is 30.3 Å². The molecule has 7 aromatic rings. The molecule has 0 saturated heterocycles. The lowest BCUT2D eigenvalue weighted by molar-refractivity contribution is 1.07. The van der Waals surface area contributed by atoms with Crippen LogP contribution in [0.15, 0.2) is 127 Å². The van der Waals surface area contributed by atoms with Gasteiger partial charge in [-0.3, -0.25) is 0 Å². The Morgan fingerprint density at radius 2 is 1.16 bits per heavy atom. The predicted octanol–water partition coefficient (Wildman–Crippen LogP) is 8.91. The number of hydrogen-bond donors (Lipinski definition) is 0. The summed E-state index contributed by atoms with van der Waals surface area (Å²) in [5.74, 6) is -0.737. The van der Waals surface area contributed by atoms with Crippen LogP contribution in [0.2, 0.25) is 0 Å². The van der Waals surface area contributed by atoms with Gasteiger partial charge in [-0.1, -0.05) is 121 Å². The van der Waals surface area contributed by atoms with Gasteiger partial charge in [-0.2, -0.15) is 0 Å². The second-order valence-electron chi connectivity index (χ2n) is 7.68. The lowest BCUT2D eigenvalue weighted by Gasteiger charge is -2.08. The molecule has 4 heteroatoms. The Morgan fingerprint density at radius 3 is 1.89 bits per heavy atom. The summed E-state index contributed by atoms with van der Waals surface area (Å²) in [5, 5.41) is -0.231. The molecule has 3 nitrogen and oxygen atoms in total. The molecule has 0 aliphatic heterocycles. The van der Waals surface area contributed by atoms with Crippen LogP contribution in [-0.2, 0) is 0 Å². The number of benzene rings is 5. The van der Waals surface area contributed by atoms with E-state index in [9.17, 15) is 1.37 Å². The Labute approximate surface area is 241 Å². The molecule has 7 rings (SSSR count). The van der Waals surface area contributed by atoms with Crippen molar-refractivity contribution in [1.29, 1.82) is 0 Å². The van der Waals surface area contributed by atoms with Gasteiger partial charge in [0.25, 0.3) is 0 Å². The Morgan fingerprint density at radius 1 is 0.514 bits per heavy atom. The summed E-state index contributed by atoms with van der Waals surface area (Å²) in [5.41, 5.74) is -0.915. The Balaban J connectivity index is 1.61. The zero-order chi connectivity index (χ0) is 38.5. The van der Waals surface area contributed by atoms with Crippen molar-refractivity contribution in [2.75, 3.05) is 0 Å². The largest absolute Gasteiger partial charge is 0.208 e. The molecule has 0 bridgehead atoms. The van der Waals surface area contributed by atoms with Crippen molar-refractivity contribution in [2.45, 2.75) is 0 Å². The first-order valence-electron chi connectivity index (χ1n) is 18.9. The van der Waals surface area contributed by atoms with Crippen LogP contribution < -0.4 is 0 Å². The van der Waals surface area contributed by atoms with Gasteiger partial charge in [0.05, 0.1) is 21.9 Å². The number of thiophene rings is 1. The molecule has 0 aliphatic carbocycles. The molecule has 0 amide bonds. The van der Waals surface area contributed by atoms with Gasteiger partial charge >= 0.3 is 0 Å². The lowest BCUT2D eigenvalue weighted by atomic mass is 10.0. The van der Waals surface area contributed by atoms with Crippen LogP contribution >= 0.6 is 11.3 Å². The first kappa shape index (κ1) is 10.8. The molecular formula is C33H21N3S. The highest BCUT2D eigenvalue weighted by molar-refractivity contribution is 7.26. The van der Waals surface area contributed by atoms with Crippen LogP contribution in [0.5, 0.6) is 0 Å². The second kappa shape index (κ2) is 9.08. The van der Waals surface area contributed by atoms with Gasteiger partial charge in [-0.05, 0) is 17.2 Å². The van der Waals surface area contributed by atoms with Crippen molar-refractivity contribution in [3.8, 4) is 45.3 Å². The molecule has 174 valence electrons. The summed E-state index contributed by atoms with van der Waals surface area (Å²) in [7, 11) is 0. The van der Waals surface area contributed by atoms with Crippen LogP contribution in [0.1, 0.15) is 21.9 Å². The van der Waals surface area contributed by atoms with Crippen molar-refractivity contribution in [3.05, 3.63) is 127 Å². The molecule has 0 N–H and O–H groups in total. The van der Waals surface area contributed by atoms with Gasteiger partial charge in [-0.15, -0.1) is 11.3 Å². The minimum Gasteiger partial charge on any atom is -0.208 e. The highest BCUT2D eigenvalue weighted by Gasteiger charge is 2.15. The van der Waals surface area contributed by atoms with Crippen LogP contribution in [0.25, 0.3) is 65.5 Å². The van der Waals surface area contributed by atoms with Gasteiger partial charge < -0.3 is 0 Å². The summed E-state index contributed by atoms with van der Waals surface area (Å²) in [6.45, 7) is 0. The fourth-order valence-electron chi connectivity index (χ4n) is 3.76. The maximum absolute atomic E-state index is 9.35. The standard InChI is InChI=1S/C33H21N3S/c1-4-11-22(12-5-1)26-17-10-18-28-27-20-19-25(21-29(27)37-30(26)28)33-35-31(23-13-6-2-7-14-23)34-32(36-33)24-15-8-3-9-16-24/h1-21H/i1D,2D,4D,5D,6D,7D,10D,11D,12D,13D,14D,17D,18D,19D,20D,21D. The molecule has 0 saturated carbocycles. The molecule has 2 heterocycles. The fourth-order valence-corrected chi connectivity index (χ4v) is 4.88. The second-order valence-corrected chi connectivity index (χ2v) is 8.70. The molecule has 0 unspecified atom stereocenters. The van der Waals surface area contributed by atoms with Crippen molar-refractivity contribution < 1.29 is 21.9 Å². The Kier molecular flexibility index (Phi) is 2.64. The average molecular weight is 508 g/mol. The highest BCUT2D eigenvalue weighted by Crippen LogP contribution is 2.41. The molecule has 0 radical (unpaired) electrons. The summed E-state index contributed by atoms with van der Waals surface area (Å²) in [4.78, 5) is 13.3. The Hall–Kier alpha value is -4.67. The zero-order valence-corrected chi connectivity index (χ0v) is 19.5. The highest BCUT2D eigenvalue weighted by atomic mass is 32.1. The van der Waals surface area contributed by atoms with E-state index in [1.807, 2.05) is 0 Å². The normalized spacial score (nSPS) is 17.3. The molecule has 2 aromatic heterocycles. The smallest absolute Gasteiger partial charge is 0.164 e. The molecule has 0 atom stereocenters. The first-order valence-corrected chi connectivity index (χ1v) is 11.7. The average Bonchev–Trinajstić information content (AvgIpc) is 3.56. The number of hydrogen-bond acceptors (Lipinski definition) is 4. The summed E-state index contributed by atoms with van der Waals surface area (Å²) in [6.07, 6.45) is 0. The summed E-state index contributed by atoms with van der Waals surface area (Å²) >= 11 is 0.772. The van der Waals surface area contributed by atoms with Crippen molar-refractivity contribution in [1.82, 2.24) is 15.0 Å². The molecular weight excluding hydrogens is 470 g/mol. The minimum atomic E-state index is -0.687. The summed E-state index contributed by atoms with van der Waals surface area (Å²) in [6, 6.07) is -1.43. The maximum Gasteiger partial charge on any atom is 0.164 e. The van der Waals surface area contributed by atoms with E-state index < -0.39 is 102 Å². The summed E-state index contributed by atoms with van der Waals surface area (Å²) < 4.78 is 137. The van der Waals surface area contributed by atoms with Gasteiger partial charge in [0.1, 0.15) is 0 Å². The van der Waals surface area contributed by atoms with Crippen molar-refractivity contribution in [3.63, 3.8) is 0 Å². The third kappa shape index (κ3) is 3.98. The third-order valence-electron chi connectivity index (χ3n) is 5.43. The quantitative estimate of drug-likeness (QED) is 0.239. The maximum atomic E-state index is 9.35. The SMILES string of the molecule is [2H]c1c([2H])c([2H])c(-c2nc(-c3ccccc3)nc(-c3c([2H])c([2H])c4c(sc5c(-c6c([2H])c([2H])c([2H])c([2H])c6[2H])c([2H])c([2H])c([2H])c54)c3[2H])n2)c([2H])c1[2H]. The third-order valence-corrected chi connectivity index (χ3v) is 6.55. The van der Waals surface area contributed by atoms with Crippen molar-refractivity contribution in [2.24, 2.45) is 0 Å². The molecule has 0 spiro atoms. The zero-order valence-electron chi connectivity index (χ0n) is 34.6. The van der Waals surface area contributed by atoms with Gasteiger partial charge in [-0.25, -0.2) is 15.0 Å². The number of rotatable bonds is 4. The number of aromatic nitrogens is 3. The Bertz CT molecular complexity index is 2690. The van der Waals surface area contributed by atoms with E-state index in [1.165, 1.54) is 0 Å². The number of nitrogens with zero attached hydrogens (tertiary/aromatic N) is 3. The van der Waals surface area contributed by atoms with Gasteiger partial charge in [0.15, 0.2) is 17.5 Å². The van der Waals surface area contributed by atoms with E-state index in [0.717, 1.165) is 11.3 Å². The van der Waals surface area contributed by atoms with Crippen LogP contribution in [0, 0.1) is 0 Å². The van der Waals surface area contributed by atoms with E-state index in [0.29, 0.717) is 5.56 Å². The van der Waals surface area contributed by atoms with Crippen LogP contribution in [-0.4, -0.2) is 15.0 Å².